The van der Waals surface area contributed by atoms with Gasteiger partial charge in [0.15, 0.2) is 0 Å². The van der Waals surface area contributed by atoms with E-state index in [0.717, 1.165) is 40.5 Å². The zero-order chi connectivity index (χ0) is 20.1. The number of rotatable bonds is 4. The van der Waals surface area contributed by atoms with Gasteiger partial charge in [-0.1, -0.05) is 78.3 Å². The normalized spacial score (nSPS) is 14.7. The van der Waals surface area contributed by atoms with E-state index < -0.39 is 0 Å². The zero-order valence-corrected chi connectivity index (χ0v) is 16.9. The molecular formula is C25H23ClN2O. The minimum atomic E-state index is 0.0748. The number of carbonyl (C=O) groups is 1. The van der Waals surface area contributed by atoms with Gasteiger partial charge in [0.1, 0.15) is 0 Å². The lowest BCUT2D eigenvalue weighted by Crippen LogP contribution is -2.49. The summed E-state index contributed by atoms with van der Waals surface area (Å²) < 4.78 is 0. The summed E-state index contributed by atoms with van der Waals surface area (Å²) in [6.07, 6.45) is 1.99. The van der Waals surface area contributed by atoms with Gasteiger partial charge in [-0.3, -0.25) is 4.79 Å². The van der Waals surface area contributed by atoms with Crippen molar-refractivity contribution in [1.29, 1.82) is 0 Å². The molecule has 0 radical (unpaired) electrons. The molecule has 1 saturated heterocycles. The van der Waals surface area contributed by atoms with Gasteiger partial charge in [-0.2, -0.15) is 0 Å². The summed E-state index contributed by atoms with van der Waals surface area (Å²) in [4.78, 5) is 17.6. The topological polar surface area (TPSA) is 23.6 Å². The van der Waals surface area contributed by atoms with Gasteiger partial charge in [0, 0.05) is 42.5 Å². The Morgan fingerprint density at radius 3 is 2.10 bits per heavy atom. The molecule has 0 aliphatic carbocycles. The van der Waals surface area contributed by atoms with Crippen LogP contribution in [0, 0.1) is 0 Å². The number of halogens is 1. The number of benzene rings is 3. The predicted octanol–water partition coefficient (Wildman–Crippen LogP) is 5.23. The Bertz CT molecular complexity index is 994. The lowest BCUT2D eigenvalue weighted by atomic mass is 10.0. The minimum absolute atomic E-state index is 0.0748. The molecule has 0 bridgehead atoms. The third kappa shape index (κ3) is 4.69. The lowest BCUT2D eigenvalue weighted by molar-refractivity contribution is -0.125. The van der Waals surface area contributed by atoms with E-state index in [4.69, 9.17) is 11.6 Å². The Balaban J connectivity index is 1.54. The predicted molar refractivity (Wildman–Crippen MR) is 121 cm³/mol. The first-order valence-electron chi connectivity index (χ1n) is 9.83. The Hall–Kier alpha value is -3.04. The van der Waals surface area contributed by atoms with Crippen LogP contribution in [0.5, 0.6) is 0 Å². The van der Waals surface area contributed by atoms with Gasteiger partial charge in [0.2, 0.25) is 0 Å². The number of hydrogen-bond donors (Lipinski definition) is 0. The Morgan fingerprint density at radius 1 is 0.793 bits per heavy atom. The third-order valence-electron chi connectivity index (χ3n) is 5.17. The summed E-state index contributed by atoms with van der Waals surface area (Å²) in [5, 5.41) is 0.734. The lowest BCUT2D eigenvalue weighted by Gasteiger charge is -2.36. The highest BCUT2D eigenvalue weighted by Gasteiger charge is 2.24. The van der Waals surface area contributed by atoms with E-state index in [1.54, 1.807) is 0 Å². The van der Waals surface area contributed by atoms with Crippen molar-refractivity contribution in [1.82, 2.24) is 4.90 Å². The molecule has 1 aliphatic heterocycles. The van der Waals surface area contributed by atoms with Gasteiger partial charge >= 0.3 is 0 Å². The van der Waals surface area contributed by atoms with Crippen molar-refractivity contribution in [2.24, 2.45) is 0 Å². The largest absolute Gasteiger partial charge is 0.368 e. The van der Waals surface area contributed by atoms with Crippen molar-refractivity contribution >= 4 is 34.8 Å². The summed E-state index contributed by atoms with van der Waals surface area (Å²) >= 11 is 6.13. The van der Waals surface area contributed by atoms with Crippen LogP contribution in [0.1, 0.15) is 11.1 Å². The molecule has 29 heavy (non-hydrogen) atoms. The zero-order valence-electron chi connectivity index (χ0n) is 16.2. The fraction of sp³-hybridized carbons (Fsp3) is 0.160. The Morgan fingerprint density at radius 2 is 1.45 bits per heavy atom. The van der Waals surface area contributed by atoms with Crippen LogP contribution in [0.3, 0.4) is 0 Å². The van der Waals surface area contributed by atoms with Gasteiger partial charge in [0.05, 0.1) is 0 Å². The first-order valence-corrected chi connectivity index (χ1v) is 10.2. The quantitative estimate of drug-likeness (QED) is 0.440. The molecule has 0 atom stereocenters. The van der Waals surface area contributed by atoms with E-state index in [1.807, 2.05) is 89.8 Å². The van der Waals surface area contributed by atoms with Crippen molar-refractivity contribution in [3.63, 3.8) is 0 Å². The number of hydrogen-bond acceptors (Lipinski definition) is 2. The number of amides is 1. The maximum atomic E-state index is 13.4. The second-order valence-corrected chi connectivity index (χ2v) is 7.53. The molecule has 4 heteroatoms. The summed E-state index contributed by atoms with van der Waals surface area (Å²) in [5.41, 5.74) is 3.80. The highest BCUT2D eigenvalue weighted by Crippen LogP contribution is 2.24. The van der Waals surface area contributed by atoms with Crippen LogP contribution < -0.4 is 4.90 Å². The second kappa shape index (κ2) is 8.97. The molecule has 0 spiro atoms. The maximum Gasteiger partial charge on any atom is 0.254 e. The molecule has 4 rings (SSSR count). The molecule has 1 aliphatic rings. The average molecular weight is 403 g/mol. The smallest absolute Gasteiger partial charge is 0.254 e. The van der Waals surface area contributed by atoms with Crippen LogP contribution in [-0.2, 0) is 4.79 Å². The number of nitrogens with zero attached hydrogens (tertiary/aromatic N) is 2. The third-order valence-corrected chi connectivity index (χ3v) is 5.40. The monoisotopic (exact) mass is 402 g/mol. The number of anilines is 1. The van der Waals surface area contributed by atoms with Crippen LogP contribution in [0.2, 0.25) is 5.02 Å². The molecular weight excluding hydrogens is 380 g/mol. The molecule has 0 saturated carbocycles. The van der Waals surface area contributed by atoms with E-state index in [2.05, 4.69) is 11.0 Å². The fourth-order valence-electron chi connectivity index (χ4n) is 3.61. The molecule has 0 aromatic heterocycles. The summed E-state index contributed by atoms with van der Waals surface area (Å²) in [5.74, 6) is 0.0748. The van der Waals surface area contributed by atoms with Crippen molar-refractivity contribution in [2.45, 2.75) is 0 Å². The molecule has 146 valence electrons. The van der Waals surface area contributed by atoms with Gasteiger partial charge in [-0.15, -0.1) is 0 Å². The van der Waals surface area contributed by atoms with Crippen molar-refractivity contribution in [3.05, 3.63) is 101 Å². The molecule has 1 heterocycles. The van der Waals surface area contributed by atoms with E-state index in [9.17, 15) is 4.79 Å². The molecule has 0 unspecified atom stereocenters. The van der Waals surface area contributed by atoms with Crippen molar-refractivity contribution in [3.8, 4) is 0 Å². The molecule has 3 aromatic rings. The van der Waals surface area contributed by atoms with Gasteiger partial charge in [-0.05, 0) is 35.4 Å². The van der Waals surface area contributed by atoms with Crippen LogP contribution in [0.4, 0.5) is 5.69 Å². The van der Waals surface area contributed by atoms with Gasteiger partial charge in [0.25, 0.3) is 5.91 Å². The molecule has 3 aromatic carbocycles. The molecule has 0 N–H and O–H groups in total. The fourth-order valence-corrected chi connectivity index (χ4v) is 3.80. The summed E-state index contributed by atoms with van der Waals surface area (Å²) in [7, 11) is 0. The SMILES string of the molecule is O=C(C(=Cc1ccccc1)c1ccccc1)N1CCN(c2cccc(Cl)c2)CC1. The maximum absolute atomic E-state index is 13.4. The highest BCUT2D eigenvalue weighted by molar-refractivity contribution is 6.30. The van der Waals surface area contributed by atoms with Crippen LogP contribution in [0.15, 0.2) is 84.9 Å². The Labute approximate surface area is 176 Å². The first-order chi connectivity index (χ1) is 14.2. The van der Waals surface area contributed by atoms with E-state index in [-0.39, 0.29) is 5.91 Å². The summed E-state index contributed by atoms with van der Waals surface area (Å²) in [6.45, 7) is 2.95. The van der Waals surface area contributed by atoms with E-state index in [0.29, 0.717) is 13.1 Å². The molecule has 1 fully saturated rings. The average Bonchev–Trinajstić information content (AvgIpc) is 2.78. The van der Waals surface area contributed by atoms with Crippen LogP contribution >= 0.6 is 11.6 Å². The van der Waals surface area contributed by atoms with Crippen LogP contribution in [-0.4, -0.2) is 37.0 Å². The first kappa shape index (κ1) is 19.3. The standard InChI is InChI=1S/C25H23ClN2O/c26-22-12-7-13-23(19-22)27-14-16-28(17-15-27)25(29)24(21-10-5-2-6-11-21)18-20-8-3-1-4-9-20/h1-13,18-19H,14-17H2. The van der Waals surface area contributed by atoms with Gasteiger partial charge < -0.3 is 9.80 Å². The van der Waals surface area contributed by atoms with Gasteiger partial charge in [-0.25, -0.2) is 0 Å². The second-order valence-electron chi connectivity index (χ2n) is 7.09. The molecule has 1 amide bonds. The van der Waals surface area contributed by atoms with E-state index in [1.165, 1.54) is 0 Å². The van der Waals surface area contributed by atoms with Crippen LogP contribution in [0.25, 0.3) is 11.6 Å². The summed E-state index contributed by atoms with van der Waals surface area (Å²) in [6, 6.07) is 27.8. The number of carbonyl (C=O) groups excluding carboxylic acids is 1. The van der Waals surface area contributed by atoms with Crippen molar-refractivity contribution in [2.75, 3.05) is 31.1 Å². The minimum Gasteiger partial charge on any atom is -0.368 e. The molecule has 3 nitrogen and oxygen atoms in total. The van der Waals surface area contributed by atoms with Crippen molar-refractivity contribution < 1.29 is 4.79 Å². The highest BCUT2D eigenvalue weighted by atomic mass is 35.5. The number of piperazine rings is 1. The van der Waals surface area contributed by atoms with E-state index >= 15 is 0 Å². The Kier molecular flexibility index (Phi) is 5.97.